The average molecular weight is 350 g/mol. The molecule has 0 atom stereocenters. The molecule has 25 heavy (non-hydrogen) atoms. The maximum absolute atomic E-state index is 5.44. The lowest BCUT2D eigenvalue weighted by Crippen LogP contribution is -2.21. The van der Waals surface area contributed by atoms with Gasteiger partial charge >= 0.3 is 0 Å². The summed E-state index contributed by atoms with van der Waals surface area (Å²) in [5.74, 6) is 0.0942. The quantitative estimate of drug-likeness (QED) is 0.426. The predicted molar refractivity (Wildman–Crippen MR) is 106 cm³/mol. The van der Waals surface area contributed by atoms with E-state index >= 15 is 0 Å². The van der Waals surface area contributed by atoms with Gasteiger partial charge in [0.1, 0.15) is 0 Å². The van der Waals surface area contributed by atoms with Gasteiger partial charge in [0.25, 0.3) is 0 Å². The van der Waals surface area contributed by atoms with Crippen molar-refractivity contribution in [3.05, 3.63) is 60.7 Å². The molecule has 0 fully saturated rings. The third-order valence-electron chi connectivity index (χ3n) is 3.40. The first-order valence-electron chi connectivity index (χ1n) is 7.51. The van der Waals surface area contributed by atoms with Crippen molar-refractivity contribution >= 4 is 34.6 Å². The van der Waals surface area contributed by atoms with E-state index in [0.29, 0.717) is 0 Å². The second-order valence-corrected chi connectivity index (χ2v) is 6.42. The third kappa shape index (κ3) is 4.15. The van der Waals surface area contributed by atoms with E-state index in [1.54, 1.807) is 11.3 Å². The monoisotopic (exact) mass is 350 g/mol. The molecule has 0 aliphatic heterocycles. The molecule has 0 aliphatic rings. The summed E-state index contributed by atoms with van der Waals surface area (Å²) in [6.07, 6.45) is 0. The van der Waals surface area contributed by atoms with Crippen LogP contribution in [0.1, 0.15) is 0 Å². The van der Waals surface area contributed by atoms with E-state index in [9.17, 15) is 0 Å². The molecular formula is C18H18N6S. The zero-order valence-electron chi connectivity index (χ0n) is 13.4. The molecule has 0 bridgehead atoms. The summed E-state index contributed by atoms with van der Waals surface area (Å²) in [5.41, 5.74) is 25.3. The smallest absolute Gasteiger partial charge is 0.191 e. The number of hydrogen-bond donors (Lipinski definition) is 4. The Labute approximate surface area is 149 Å². The van der Waals surface area contributed by atoms with Crippen molar-refractivity contribution in [1.29, 1.82) is 0 Å². The van der Waals surface area contributed by atoms with Gasteiger partial charge in [0.05, 0.1) is 11.4 Å². The fourth-order valence-electron chi connectivity index (χ4n) is 2.38. The van der Waals surface area contributed by atoms with Crippen molar-refractivity contribution < 1.29 is 0 Å². The first-order chi connectivity index (χ1) is 12.0. The molecule has 6 nitrogen and oxygen atoms in total. The Hall–Kier alpha value is -3.32. The highest BCUT2D eigenvalue weighted by Crippen LogP contribution is 2.36. The minimum Gasteiger partial charge on any atom is -0.370 e. The molecule has 3 rings (SSSR count). The Kier molecular flexibility index (Phi) is 4.67. The molecule has 0 saturated heterocycles. The van der Waals surface area contributed by atoms with Crippen LogP contribution in [-0.4, -0.2) is 11.9 Å². The Morgan fingerprint density at radius 2 is 1.24 bits per heavy atom. The van der Waals surface area contributed by atoms with Crippen LogP contribution in [0.15, 0.2) is 70.6 Å². The van der Waals surface area contributed by atoms with Gasteiger partial charge in [0.15, 0.2) is 11.9 Å². The molecule has 7 heteroatoms. The molecule has 0 saturated carbocycles. The van der Waals surface area contributed by atoms with E-state index in [2.05, 4.69) is 22.1 Å². The van der Waals surface area contributed by atoms with E-state index in [0.717, 1.165) is 32.3 Å². The van der Waals surface area contributed by atoms with Crippen LogP contribution in [0.3, 0.4) is 0 Å². The Morgan fingerprint density at radius 3 is 1.88 bits per heavy atom. The maximum atomic E-state index is 5.44. The number of hydrogen-bond acceptors (Lipinski definition) is 3. The highest BCUT2D eigenvalue weighted by molar-refractivity contribution is 7.18. The van der Waals surface area contributed by atoms with Gasteiger partial charge < -0.3 is 22.9 Å². The molecular weight excluding hydrogens is 332 g/mol. The lowest BCUT2D eigenvalue weighted by Gasteiger charge is -2.01. The summed E-state index contributed by atoms with van der Waals surface area (Å²) in [6, 6.07) is 19.7. The van der Waals surface area contributed by atoms with E-state index in [-0.39, 0.29) is 11.9 Å². The van der Waals surface area contributed by atoms with Crippen LogP contribution in [0.4, 0.5) is 11.4 Å². The van der Waals surface area contributed by atoms with Gasteiger partial charge in [0, 0.05) is 9.75 Å². The van der Waals surface area contributed by atoms with Gasteiger partial charge in [-0.25, -0.2) is 9.98 Å². The van der Waals surface area contributed by atoms with Crippen LogP contribution < -0.4 is 22.9 Å². The number of rotatable bonds is 4. The van der Waals surface area contributed by atoms with E-state index in [4.69, 9.17) is 22.9 Å². The predicted octanol–water partition coefficient (Wildman–Crippen LogP) is 2.89. The SMILES string of the molecule is NC(N)=Nc1ccc(-c2ccc(-c3cccc(N=C(N)N)c3)s2)cc1. The summed E-state index contributed by atoms with van der Waals surface area (Å²) >= 11 is 1.69. The molecule has 3 aromatic rings. The zero-order valence-corrected chi connectivity index (χ0v) is 14.2. The van der Waals surface area contributed by atoms with Crippen LogP contribution >= 0.6 is 11.3 Å². The van der Waals surface area contributed by atoms with Crippen LogP contribution in [0, 0.1) is 0 Å². The summed E-state index contributed by atoms with van der Waals surface area (Å²) in [5, 5.41) is 0. The standard InChI is InChI=1S/C18H18N6S/c19-17(20)23-13-6-4-11(5-7-13)15-8-9-16(25-15)12-2-1-3-14(10-12)24-18(21)22/h1-10H,(H4,19,20,23)(H4,21,22,24). The molecule has 126 valence electrons. The van der Waals surface area contributed by atoms with Gasteiger partial charge in [-0.3, -0.25) is 0 Å². The molecule has 1 aromatic heterocycles. The number of guanidine groups is 2. The lowest BCUT2D eigenvalue weighted by atomic mass is 10.1. The Morgan fingerprint density at radius 1 is 0.640 bits per heavy atom. The third-order valence-corrected chi connectivity index (χ3v) is 4.59. The number of thiophene rings is 1. The minimum atomic E-state index is 0.0462. The first-order valence-corrected chi connectivity index (χ1v) is 8.33. The molecule has 0 aliphatic carbocycles. The topological polar surface area (TPSA) is 129 Å². The highest BCUT2D eigenvalue weighted by Gasteiger charge is 2.06. The second kappa shape index (κ2) is 7.06. The molecule has 8 N–H and O–H groups in total. The summed E-state index contributed by atoms with van der Waals surface area (Å²) in [4.78, 5) is 10.4. The Bertz CT molecular complexity index is 932. The molecule has 1 heterocycles. The van der Waals surface area contributed by atoms with Crippen LogP contribution in [0.2, 0.25) is 0 Å². The molecule has 0 unspecified atom stereocenters. The van der Waals surface area contributed by atoms with Crippen molar-refractivity contribution in [3.63, 3.8) is 0 Å². The van der Waals surface area contributed by atoms with Gasteiger partial charge in [-0.2, -0.15) is 0 Å². The molecule has 0 radical (unpaired) electrons. The van der Waals surface area contributed by atoms with Crippen molar-refractivity contribution in [3.8, 4) is 20.9 Å². The van der Waals surface area contributed by atoms with Gasteiger partial charge in [-0.1, -0.05) is 24.3 Å². The van der Waals surface area contributed by atoms with E-state index in [1.807, 2.05) is 48.5 Å². The van der Waals surface area contributed by atoms with E-state index in [1.165, 1.54) is 0 Å². The largest absolute Gasteiger partial charge is 0.370 e. The summed E-state index contributed by atoms with van der Waals surface area (Å²) in [6.45, 7) is 0. The normalized spacial score (nSPS) is 10.2. The van der Waals surface area contributed by atoms with Crippen LogP contribution in [0.25, 0.3) is 20.9 Å². The van der Waals surface area contributed by atoms with Gasteiger partial charge in [-0.15, -0.1) is 11.3 Å². The summed E-state index contributed by atoms with van der Waals surface area (Å²) in [7, 11) is 0. The average Bonchev–Trinajstić information content (AvgIpc) is 3.05. The number of nitrogens with two attached hydrogens (primary N) is 4. The first kappa shape index (κ1) is 16.5. The lowest BCUT2D eigenvalue weighted by molar-refractivity contribution is 1.42. The van der Waals surface area contributed by atoms with Crippen LogP contribution in [0.5, 0.6) is 0 Å². The number of nitrogens with zero attached hydrogens (tertiary/aromatic N) is 2. The summed E-state index contributed by atoms with van der Waals surface area (Å²) < 4.78 is 0. The number of aliphatic imine (C=N–C) groups is 2. The number of benzene rings is 2. The fourth-order valence-corrected chi connectivity index (χ4v) is 3.38. The minimum absolute atomic E-state index is 0.0462. The molecule has 2 aromatic carbocycles. The zero-order chi connectivity index (χ0) is 17.8. The van der Waals surface area contributed by atoms with Gasteiger partial charge in [0.2, 0.25) is 0 Å². The fraction of sp³-hybridized carbons (Fsp3) is 0. The second-order valence-electron chi connectivity index (χ2n) is 5.33. The highest BCUT2D eigenvalue weighted by atomic mass is 32.1. The Balaban J connectivity index is 1.88. The van der Waals surface area contributed by atoms with Crippen LogP contribution in [-0.2, 0) is 0 Å². The van der Waals surface area contributed by atoms with Crippen molar-refractivity contribution in [2.45, 2.75) is 0 Å². The van der Waals surface area contributed by atoms with Gasteiger partial charge in [-0.05, 0) is 47.5 Å². The van der Waals surface area contributed by atoms with E-state index < -0.39 is 0 Å². The van der Waals surface area contributed by atoms with Crippen molar-refractivity contribution in [2.24, 2.45) is 32.9 Å². The molecule has 0 amide bonds. The van der Waals surface area contributed by atoms with Crippen molar-refractivity contribution in [1.82, 2.24) is 0 Å². The molecule has 0 spiro atoms. The van der Waals surface area contributed by atoms with Crippen molar-refractivity contribution in [2.75, 3.05) is 0 Å². The maximum Gasteiger partial charge on any atom is 0.191 e.